The van der Waals surface area contributed by atoms with Crippen molar-refractivity contribution in [3.8, 4) is 0 Å². The predicted molar refractivity (Wildman–Crippen MR) is 61.4 cm³/mol. The molecule has 86 valence electrons. The number of carbonyl (C=O) groups is 1. The van der Waals surface area contributed by atoms with Gasteiger partial charge in [-0.05, 0) is 13.3 Å². The van der Waals surface area contributed by atoms with Crippen molar-refractivity contribution in [3.63, 3.8) is 0 Å². The lowest BCUT2D eigenvalue weighted by Gasteiger charge is -2.13. The van der Waals surface area contributed by atoms with Gasteiger partial charge in [0.25, 0.3) is 0 Å². The number of anilines is 1. The Hall–Kier alpha value is -1.36. The third-order valence-electron chi connectivity index (χ3n) is 2.60. The molecule has 0 saturated carbocycles. The second-order valence-electron chi connectivity index (χ2n) is 3.86. The first-order valence-electron chi connectivity index (χ1n) is 5.08. The fraction of sp³-hybridized carbons (Fsp3) is 0.500. The largest absolute Gasteiger partial charge is 0.357 e. The van der Waals surface area contributed by atoms with E-state index in [1.54, 1.807) is 18.9 Å². The monoisotopic (exact) mass is 240 g/mol. The van der Waals surface area contributed by atoms with Gasteiger partial charge in [0.1, 0.15) is 22.7 Å². The average molecular weight is 241 g/mol. The van der Waals surface area contributed by atoms with Gasteiger partial charge in [-0.15, -0.1) is 0 Å². The third-order valence-corrected chi connectivity index (χ3v) is 2.88. The first-order chi connectivity index (χ1) is 7.58. The van der Waals surface area contributed by atoms with Crippen molar-refractivity contribution in [1.82, 2.24) is 14.9 Å². The molecule has 0 spiro atoms. The molecule has 1 aliphatic rings. The normalized spacial score (nSPS) is 20.3. The number of likely N-dealkylation sites (tertiary alicyclic amines) is 1. The molecule has 2 rings (SSSR count). The number of hydrogen-bond acceptors (Lipinski definition) is 4. The molecule has 5 nitrogen and oxygen atoms in total. The quantitative estimate of drug-likeness (QED) is 0.841. The molecule has 1 fully saturated rings. The molecular formula is C10H13ClN4O. The number of aromatic nitrogens is 2. The first-order valence-corrected chi connectivity index (χ1v) is 5.46. The van der Waals surface area contributed by atoms with E-state index >= 15 is 0 Å². The lowest BCUT2D eigenvalue weighted by molar-refractivity contribution is -0.127. The molecule has 1 aromatic rings. The number of rotatable bonds is 2. The van der Waals surface area contributed by atoms with E-state index in [0.29, 0.717) is 16.7 Å². The van der Waals surface area contributed by atoms with Crippen LogP contribution >= 0.6 is 11.6 Å². The molecule has 0 aliphatic carbocycles. The van der Waals surface area contributed by atoms with Gasteiger partial charge in [0.05, 0.1) is 6.20 Å². The highest BCUT2D eigenvalue weighted by Gasteiger charge is 2.29. The SMILES string of the molecule is Cc1ncc(Cl)c(NC2CCN(C)C2=O)n1. The predicted octanol–water partition coefficient (Wildman–Crippen LogP) is 1.08. The van der Waals surface area contributed by atoms with Gasteiger partial charge in [-0.2, -0.15) is 0 Å². The van der Waals surface area contributed by atoms with Crippen molar-refractivity contribution in [1.29, 1.82) is 0 Å². The van der Waals surface area contributed by atoms with Gasteiger partial charge >= 0.3 is 0 Å². The van der Waals surface area contributed by atoms with Crippen LogP contribution in [0, 0.1) is 6.92 Å². The summed E-state index contributed by atoms with van der Waals surface area (Å²) in [7, 11) is 1.79. The van der Waals surface area contributed by atoms with Crippen LogP contribution in [-0.2, 0) is 4.79 Å². The molecular weight excluding hydrogens is 228 g/mol. The Bertz CT molecular complexity index is 423. The molecule has 2 heterocycles. The molecule has 1 unspecified atom stereocenters. The number of halogens is 1. The summed E-state index contributed by atoms with van der Waals surface area (Å²) >= 11 is 5.95. The molecule has 0 radical (unpaired) electrons. The van der Waals surface area contributed by atoms with Crippen molar-refractivity contribution in [2.75, 3.05) is 18.9 Å². The number of nitrogens with zero attached hydrogens (tertiary/aromatic N) is 3. The fourth-order valence-corrected chi connectivity index (χ4v) is 1.82. The molecule has 1 amide bonds. The Morgan fingerprint density at radius 3 is 3.00 bits per heavy atom. The topological polar surface area (TPSA) is 58.1 Å². The highest BCUT2D eigenvalue weighted by atomic mass is 35.5. The molecule has 1 atom stereocenters. The minimum absolute atomic E-state index is 0.0762. The zero-order valence-electron chi connectivity index (χ0n) is 9.20. The second-order valence-corrected chi connectivity index (χ2v) is 4.27. The smallest absolute Gasteiger partial charge is 0.244 e. The Morgan fingerprint density at radius 1 is 1.62 bits per heavy atom. The number of carbonyl (C=O) groups excluding carboxylic acids is 1. The van der Waals surface area contributed by atoms with Gasteiger partial charge in [0.15, 0.2) is 0 Å². The Morgan fingerprint density at radius 2 is 2.38 bits per heavy atom. The highest BCUT2D eigenvalue weighted by Crippen LogP contribution is 2.21. The van der Waals surface area contributed by atoms with E-state index in [9.17, 15) is 4.79 Å². The van der Waals surface area contributed by atoms with E-state index in [1.807, 2.05) is 0 Å². The lowest BCUT2D eigenvalue weighted by atomic mass is 10.2. The number of nitrogens with one attached hydrogen (secondary N) is 1. The molecule has 0 aromatic carbocycles. The second kappa shape index (κ2) is 4.25. The van der Waals surface area contributed by atoms with Crippen LogP contribution in [0.1, 0.15) is 12.2 Å². The Labute approximate surface area is 98.8 Å². The summed E-state index contributed by atoms with van der Waals surface area (Å²) in [5.74, 6) is 1.24. The van der Waals surface area contributed by atoms with E-state index in [-0.39, 0.29) is 11.9 Å². The maximum Gasteiger partial charge on any atom is 0.244 e. The number of amides is 1. The van der Waals surface area contributed by atoms with E-state index < -0.39 is 0 Å². The maximum absolute atomic E-state index is 11.7. The Kier molecular flexibility index (Phi) is 2.96. The van der Waals surface area contributed by atoms with Crippen molar-refractivity contribution in [2.24, 2.45) is 0 Å². The van der Waals surface area contributed by atoms with Gasteiger partial charge in [0, 0.05) is 13.6 Å². The van der Waals surface area contributed by atoms with Gasteiger partial charge in [0.2, 0.25) is 5.91 Å². The van der Waals surface area contributed by atoms with Crippen LogP contribution in [0.2, 0.25) is 5.02 Å². The summed E-state index contributed by atoms with van der Waals surface area (Å²) < 4.78 is 0. The van der Waals surface area contributed by atoms with Crippen LogP contribution in [0.15, 0.2) is 6.20 Å². The van der Waals surface area contributed by atoms with E-state index in [2.05, 4.69) is 15.3 Å². The first kappa shape index (κ1) is 11.1. The Balaban J connectivity index is 2.15. The standard InChI is InChI=1S/C10H13ClN4O/c1-6-12-5-7(11)9(13-6)14-8-3-4-15(2)10(8)16/h5,8H,3-4H2,1-2H3,(H,12,13,14). The molecule has 1 N–H and O–H groups in total. The third kappa shape index (κ3) is 2.09. The number of aryl methyl sites for hydroxylation is 1. The van der Waals surface area contributed by atoms with E-state index in [0.717, 1.165) is 13.0 Å². The number of hydrogen-bond donors (Lipinski definition) is 1. The minimum atomic E-state index is -0.225. The fourth-order valence-electron chi connectivity index (χ4n) is 1.68. The van der Waals surface area contributed by atoms with Crippen LogP contribution in [-0.4, -0.2) is 40.4 Å². The molecule has 1 saturated heterocycles. The van der Waals surface area contributed by atoms with E-state index in [1.165, 1.54) is 6.20 Å². The summed E-state index contributed by atoms with van der Waals surface area (Å²) in [6.45, 7) is 2.54. The molecule has 1 aromatic heterocycles. The van der Waals surface area contributed by atoms with Gasteiger partial charge in [-0.3, -0.25) is 4.79 Å². The average Bonchev–Trinajstić information content (AvgIpc) is 2.55. The zero-order valence-corrected chi connectivity index (χ0v) is 9.95. The van der Waals surface area contributed by atoms with Crippen LogP contribution in [0.5, 0.6) is 0 Å². The van der Waals surface area contributed by atoms with Crippen molar-refractivity contribution >= 4 is 23.3 Å². The van der Waals surface area contributed by atoms with E-state index in [4.69, 9.17) is 11.6 Å². The minimum Gasteiger partial charge on any atom is -0.357 e. The van der Waals surface area contributed by atoms with Crippen LogP contribution < -0.4 is 5.32 Å². The summed E-state index contributed by atoms with van der Waals surface area (Å²) in [4.78, 5) is 21.5. The molecule has 0 bridgehead atoms. The molecule has 16 heavy (non-hydrogen) atoms. The van der Waals surface area contributed by atoms with Gasteiger partial charge in [-0.25, -0.2) is 9.97 Å². The molecule has 1 aliphatic heterocycles. The summed E-state index contributed by atoms with van der Waals surface area (Å²) in [5, 5.41) is 3.49. The van der Waals surface area contributed by atoms with Crippen molar-refractivity contribution in [3.05, 3.63) is 17.0 Å². The van der Waals surface area contributed by atoms with Crippen LogP contribution in [0.25, 0.3) is 0 Å². The van der Waals surface area contributed by atoms with Gasteiger partial charge in [-0.1, -0.05) is 11.6 Å². The molecule has 6 heteroatoms. The van der Waals surface area contributed by atoms with Gasteiger partial charge < -0.3 is 10.2 Å². The van der Waals surface area contributed by atoms with Crippen molar-refractivity contribution in [2.45, 2.75) is 19.4 Å². The summed E-state index contributed by atoms with van der Waals surface area (Å²) in [6, 6.07) is -0.225. The maximum atomic E-state index is 11.7. The zero-order chi connectivity index (χ0) is 11.7. The van der Waals surface area contributed by atoms with Crippen LogP contribution in [0.3, 0.4) is 0 Å². The van der Waals surface area contributed by atoms with Crippen LogP contribution in [0.4, 0.5) is 5.82 Å². The summed E-state index contributed by atoms with van der Waals surface area (Å²) in [6.07, 6.45) is 2.31. The summed E-state index contributed by atoms with van der Waals surface area (Å²) in [5.41, 5.74) is 0. The van der Waals surface area contributed by atoms with Crippen molar-refractivity contribution < 1.29 is 4.79 Å². The number of likely N-dealkylation sites (N-methyl/N-ethyl adjacent to an activating group) is 1. The lowest BCUT2D eigenvalue weighted by Crippen LogP contribution is -2.31. The highest BCUT2D eigenvalue weighted by molar-refractivity contribution is 6.32.